The Kier molecular flexibility index (Phi) is 7.33. The quantitative estimate of drug-likeness (QED) is 0.440. The van der Waals surface area contributed by atoms with Gasteiger partial charge in [0.1, 0.15) is 5.75 Å². The van der Waals surface area contributed by atoms with Crippen LogP contribution < -0.4 is 15.6 Å². The second kappa shape index (κ2) is 10.8. The molecule has 2 heterocycles. The molecule has 0 atom stereocenters. The van der Waals surface area contributed by atoms with E-state index in [0.29, 0.717) is 11.3 Å². The van der Waals surface area contributed by atoms with Gasteiger partial charge in [-0.15, -0.1) is 0 Å². The average Bonchev–Trinajstić information content (AvgIpc) is 2.79. The van der Waals surface area contributed by atoms with Crippen molar-refractivity contribution < 1.29 is 14.3 Å². The van der Waals surface area contributed by atoms with E-state index >= 15 is 0 Å². The van der Waals surface area contributed by atoms with Crippen molar-refractivity contribution in [1.82, 2.24) is 20.8 Å². The van der Waals surface area contributed by atoms with E-state index in [1.54, 1.807) is 73.3 Å². The maximum atomic E-state index is 12.1. The fraction of sp³-hybridized carbons (Fsp3) is 0.0476. The van der Waals surface area contributed by atoms with Crippen LogP contribution >= 0.6 is 0 Å². The Morgan fingerprint density at radius 3 is 1.90 bits per heavy atom. The van der Waals surface area contributed by atoms with Gasteiger partial charge in [-0.3, -0.25) is 19.6 Å². The highest BCUT2D eigenvalue weighted by Crippen LogP contribution is 2.12. The highest BCUT2D eigenvalue weighted by Gasteiger charge is 2.06. The van der Waals surface area contributed by atoms with Crippen LogP contribution in [0.1, 0.15) is 21.5 Å². The molecule has 0 fully saturated rings. The zero-order valence-electron chi connectivity index (χ0n) is 15.8. The molecule has 3 aromatic rings. The number of nitrogens with one attached hydrogen (secondary N) is 2. The Labute approximate surface area is 172 Å². The van der Waals surface area contributed by atoms with Crippen molar-refractivity contribution in [2.45, 2.75) is 0 Å². The van der Waals surface area contributed by atoms with Crippen LogP contribution in [0.3, 0.4) is 0 Å². The van der Waals surface area contributed by atoms with E-state index in [2.05, 4.69) is 31.0 Å². The predicted molar refractivity (Wildman–Crippen MR) is 111 cm³/mol. The Hall–Kier alpha value is -4.40. The molecule has 0 bridgehead atoms. The molecular weight excluding hydrogens is 384 g/mol. The average molecular weight is 402 g/mol. The largest absolute Gasteiger partial charge is 0.484 e. The Morgan fingerprint density at radius 2 is 1.33 bits per heavy atom. The van der Waals surface area contributed by atoms with Crippen molar-refractivity contribution in [3.63, 3.8) is 0 Å². The van der Waals surface area contributed by atoms with Gasteiger partial charge in [0, 0.05) is 30.4 Å². The zero-order valence-corrected chi connectivity index (χ0v) is 15.8. The van der Waals surface area contributed by atoms with Gasteiger partial charge in [-0.1, -0.05) is 0 Å². The number of ether oxygens (including phenoxy) is 1. The van der Waals surface area contributed by atoms with Gasteiger partial charge in [0.25, 0.3) is 11.8 Å². The fourth-order valence-electron chi connectivity index (χ4n) is 2.19. The molecule has 0 saturated carbocycles. The molecule has 2 aromatic heterocycles. The minimum Gasteiger partial charge on any atom is -0.484 e. The Balaban J connectivity index is 1.42. The van der Waals surface area contributed by atoms with Gasteiger partial charge >= 0.3 is 0 Å². The number of aromatic nitrogens is 2. The third-order valence-corrected chi connectivity index (χ3v) is 3.68. The molecule has 0 unspecified atom stereocenters. The van der Waals surface area contributed by atoms with Crippen LogP contribution in [0.15, 0.2) is 83.5 Å². The van der Waals surface area contributed by atoms with E-state index in [-0.39, 0.29) is 12.5 Å². The molecule has 3 rings (SSSR count). The van der Waals surface area contributed by atoms with Gasteiger partial charge in [-0.05, 0) is 59.7 Å². The van der Waals surface area contributed by atoms with Gasteiger partial charge < -0.3 is 4.74 Å². The minimum absolute atomic E-state index is 0.213. The molecule has 2 amide bonds. The highest BCUT2D eigenvalue weighted by atomic mass is 16.5. The van der Waals surface area contributed by atoms with Crippen LogP contribution in [0.4, 0.5) is 0 Å². The topological polar surface area (TPSA) is 118 Å². The lowest BCUT2D eigenvalue weighted by molar-refractivity contribution is -0.123. The summed E-state index contributed by atoms with van der Waals surface area (Å²) in [6.45, 7) is -0.213. The Bertz CT molecular complexity index is 1020. The number of hydrogen-bond acceptors (Lipinski definition) is 7. The molecule has 9 nitrogen and oxygen atoms in total. The number of nitrogens with zero attached hydrogens (tertiary/aromatic N) is 4. The monoisotopic (exact) mass is 402 g/mol. The molecule has 0 aliphatic heterocycles. The summed E-state index contributed by atoms with van der Waals surface area (Å²) in [4.78, 5) is 31.7. The van der Waals surface area contributed by atoms with Crippen molar-refractivity contribution in [3.8, 4) is 5.75 Å². The summed E-state index contributed by atoms with van der Waals surface area (Å²) in [7, 11) is 0. The van der Waals surface area contributed by atoms with Crippen molar-refractivity contribution >= 4 is 24.2 Å². The lowest BCUT2D eigenvalue weighted by Gasteiger charge is -2.06. The van der Waals surface area contributed by atoms with E-state index in [0.717, 1.165) is 11.1 Å². The number of benzene rings is 1. The molecule has 150 valence electrons. The van der Waals surface area contributed by atoms with Crippen molar-refractivity contribution in [2.24, 2.45) is 10.2 Å². The molecule has 0 spiro atoms. The summed E-state index contributed by atoms with van der Waals surface area (Å²) in [5, 5.41) is 7.74. The van der Waals surface area contributed by atoms with E-state index in [1.807, 2.05) is 0 Å². The number of carbonyl (C=O) groups is 2. The van der Waals surface area contributed by atoms with E-state index in [1.165, 1.54) is 12.4 Å². The van der Waals surface area contributed by atoms with Crippen molar-refractivity contribution in [2.75, 3.05) is 6.61 Å². The standard InChI is InChI=1S/C21H18N6O3/c28-20(26-24-13-16-5-9-22-10-6-16)15-30-19-3-1-18(2-4-19)21(29)27-25-14-17-7-11-23-12-8-17/h1-14H,15H2,(H,26,28)(H,27,29). The van der Waals surface area contributed by atoms with Crippen LogP contribution in [0.2, 0.25) is 0 Å². The number of pyridine rings is 2. The number of rotatable bonds is 8. The van der Waals surface area contributed by atoms with Gasteiger partial charge in [0.15, 0.2) is 6.61 Å². The second-order valence-corrected chi connectivity index (χ2v) is 5.87. The lowest BCUT2D eigenvalue weighted by atomic mass is 10.2. The third kappa shape index (κ3) is 6.64. The fourth-order valence-corrected chi connectivity index (χ4v) is 2.19. The molecule has 0 saturated heterocycles. The molecule has 0 aliphatic rings. The molecule has 2 N–H and O–H groups in total. The summed E-state index contributed by atoms with van der Waals surface area (Å²) in [5.74, 6) is -0.331. The maximum Gasteiger partial charge on any atom is 0.277 e. The molecule has 1 aromatic carbocycles. The summed E-state index contributed by atoms with van der Waals surface area (Å²) in [6.07, 6.45) is 9.55. The van der Waals surface area contributed by atoms with Crippen LogP contribution in [-0.2, 0) is 4.79 Å². The SMILES string of the molecule is O=C(COc1ccc(C(=O)NN=Cc2ccncc2)cc1)NN=Cc1ccncc1. The van der Waals surface area contributed by atoms with E-state index < -0.39 is 5.91 Å². The normalized spacial score (nSPS) is 10.8. The van der Waals surface area contributed by atoms with Crippen LogP contribution in [0, 0.1) is 0 Å². The number of carbonyl (C=O) groups excluding carboxylic acids is 2. The van der Waals surface area contributed by atoms with E-state index in [9.17, 15) is 9.59 Å². The first kappa shape index (κ1) is 20.3. The van der Waals surface area contributed by atoms with E-state index in [4.69, 9.17) is 4.74 Å². The maximum absolute atomic E-state index is 12.1. The summed E-state index contributed by atoms with van der Waals surface area (Å²) >= 11 is 0. The molecular formula is C21H18N6O3. The zero-order chi connectivity index (χ0) is 21.0. The Morgan fingerprint density at radius 1 is 0.800 bits per heavy atom. The van der Waals surface area contributed by atoms with Crippen molar-refractivity contribution in [3.05, 3.63) is 90.0 Å². The summed E-state index contributed by atoms with van der Waals surface area (Å²) < 4.78 is 5.38. The third-order valence-electron chi connectivity index (χ3n) is 3.68. The second-order valence-electron chi connectivity index (χ2n) is 5.87. The van der Waals surface area contributed by atoms with Crippen LogP contribution in [0.25, 0.3) is 0 Å². The molecule has 0 aliphatic carbocycles. The van der Waals surface area contributed by atoms with Gasteiger partial charge in [-0.25, -0.2) is 10.9 Å². The molecule has 9 heteroatoms. The molecule has 30 heavy (non-hydrogen) atoms. The smallest absolute Gasteiger partial charge is 0.277 e. The van der Waals surface area contributed by atoms with Crippen molar-refractivity contribution in [1.29, 1.82) is 0 Å². The predicted octanol–water partition coefficient (Wildman–Crippen LogP) is 1.77. The summed E-state index contributed by atoms with van der Waals surface area (Å²) in [6, 6.07) is 13.4. The highest BCUT2D eigenvalue weighted by molar-refractivity contribution is 5.95. The summed E-state index contributed by atoms with van der Waals surface area (Å²) in [5.41, 5.74) is 6.84. The van der Waals surface area contributed by atoms with Gasteiger partial charge in [0.05, 0.1) is 12.4 Å². The van der Waals surface area contributed by atoms with Gasteiger partial charge in [-0.2, -0.15) is 10.2 Å². The first-order valence-corrected chi connectivity index (χ1v) is 8.89. The first-order valence-electron chi connectivity index (χ1n) is 8.89. The number of hydrazone groups is 2. The molecule has 0 radical (unpaired) electrons. The van der Waals surface area contributed by atoms with Gasteiger partial charge in [0.2, 0.25) is 0 Å². The van der Waals surface area contributed by atoms with Crippen LogP contribution in [0.5, 0.6) is 5.75 Å². The minimum atomic E-state index is -0.410. The van der Waals surface area contributed by atoms with Crippen LogP contribution in [-0.4, -0.2) is 40.8 Å². The number of hydrogen-bond donors (Lipinski definition) is 2. The first-order chi connectivity index (χ1) is 14.7. The lowest BCUT2D eigenvalue weighted by Crippen LogP contribution is -2.24. The number of amides is 2.